The standard InChI is InChI=1S/C3H8N2OS.C3H6/c1-2-5(6)3(4)7;1-3-2/h6H,2H2,1H3,(H2,4,7);3H,1H2,2H3. The molecule has 0 aliphatic rings. The summed E-state index contributed by atoms with van der Waals surface area (Å²) >= 11 is 4.37. The Bertz CT molecular complexity index is 106. The maximum absolute atomic E-state index is 8.50. The van der Waals surface area contributed by atoms with Gasteiger partial charge in [-0.15, -0.1) is 6.58 Å². The minimum absolute atomic E-state index is 0.0162. The molecule has 0 radical (unpaired) electrons. The first kappa shape index (κ1) is 12.1. The zero-order valence-electron chi connectivity index (χ0n) is 6.37. The van der Waals surface area contributed by atoms with Crippen molar-refractivity contribution in [3.63, 3.8) is 0 Å². The predicted molar refractivity (Wildman–Crippen MR) is 46.8 cm³/mol. The van der Waals surface area contributed by atoms with Gasteiger partial charge in [0.2, 0.25) is 0 Å². The lowest BCUT2D eigenvalue weighted by Gasteiger charge is -2.09. The molecule has 0 spiro atoms. The molecule has 0 amide bonds. The molecule has 0 aliphatic heterocycles. The largest absolute Gasteiger partial charge is 0.374 e. The highest BCUT2D eigenvalue weighted by atomic mass is 32.1. The Morgan fingerprint density at radius 1 is 1.90 bits per heavy atom. The number of hydrogen-bond acceptors (Lipinski definition) is 2. The van der Waals surface area contributed by atoms with Crippen LogP contribution in [0.3, 0.4) is 0 Å². The Hall–Kier alpha value is -0.610. The highest BCUT2D eigenvalue weighted by Crippen LogP contribution is 1.75. The van der Waals surface area contributed by atoms with Gasteiger partial charge in [0.1, 0.15) is 0 Å². The van der Waals surface area contributed by atoms with E-state index in [0.717, 1.165) is 5.06 Å². The van der Waals surface area contributed by atoms with E-state index in [2.05, 4.69) is 18.8 Å². The summed E-state index contributed by atoms with van der Waals surface area (Å²) in [6, 6.07) is 0. The smallest absolute Gasteiger partial charge is 0.190 e. The number of hydrogen-bond donors (Lipinski definition) is 2. The fourth-order valence-corrected chi connectivity index (χ4v) is 0.285. The van der Waals surface area contributed by atoms with Crippen LogP contribution < -0.4 is 5.73 Å². The molecule has 0 aromatic heterocycles. The fraction of sp³-hybridized carbons (Fsp3) is 0.500. The molecule has 0 rings (SSSR count). The number of nitrogens with two attached hydrogens (primary N) is 1. The summed E-state index contributed by atoms with van der Waals surface area (Å²) in [7, 11) is 0. The minimum atomic E-state index is 0.0162. The predicted octanol–water partition coefficient (Wildman–Crippen LogP) is 1.13. The second kappa shape index (κ2) is 8.39. The lowest BCUT2D eigenvalue weighted by molar-refractivity contribution is -0.00754. The van der Waals surface area contributed by atoms with E-state index in [1.807, 2.05) is 6.92 Å². The molecule has 0 unspecified atom stereocenters. The van der Waals surface area contributed by atoms with E-state index in [9.17, 15) is 0 Å². The number of nitrogens with zero attached hydrogens (tertiary/aromatic N) is 1. The van der Waals surface area contributed by atoms with Crippen molar-refractivity contribution < 1.29 is 5.21 Å². The molecule has 0 aromatic carbocycles. The number of allylic oxidation sites excluding steroid dienone is 1. The third-order valence-electron chi connectivity index (χ3n) is 0.554. The zero-order valence-corrected chi connectivity index (χ0v) is 7.19. The van der Waals surface area contributed by atoms with Crippen molar-refractivity contribution in [2.75, 3.05) is 6.54 Å². The average molecular weight is 162 g/mol. The van der Waals surface area contributed by atoms with E-state index < -0.39 is 0 Å². The van der Waals surface area contributed by atoms with E-state index in [4.69, 9.17) is 10.9 Å². The van der Waals surface area contributed by atoms with E-state index >= 15 is 0 Å². The van der Waals surface area contributed by atoms with E-state index in [1.54, 1.807) is 13.0 Å². The Kier molecular flexibility index (Phi) is 10.2. The zero-order chi connectivity index (χ0) is 8.57. The molecular formula is C6H14N2OS. The van der Waals surface area contributed by atoms with Crippen molar-refractivity contribution >= 4 is 17.3 Å². The molecule has 4 heteroatoms. The highest BCUT2D eigenvalue weighted by Gasteiger charge is 1.92. The highest BCUT2D eigenvalue weighted by molar-refractivity contribution is 7.80. The van der Waals surface area contributed by atoms with Gasteiger partial charge in [0.25, 0.3) is 0 Å². The molecule has 0 bridgehead atoms. The summed E-state index contributed by atoms with van der Waals surface area (Å²) in [4.78, 5) is 0. The van der Waals surface area contributed by atoms with Crippen LogP contribution in [0.25, 0.3) is 0 Å². The molecule has 3 nitrogen and oxygen atoms in total. The SMILES string of the molecule is C=CC.CCN(O)C(N)=S. The average Bonchev–Trinajstić information content (AvgIpc) is 1.88. The summed E-state index contributed by atoms with van der Waals surface area (Å²) in [5, 5.41) is 9.32. The third kappa shape index (κ3) is 10.4. The molecule has 0 saturated carbocycles. The first-order valence-electron chi connectivity index (χ1n) is 2.93. The second-order valence-electron chi connectivity index (χ2n) is 1.46. The van der Waals surface area contributed by atoms with Crippen LogP contribution in [0.2, 0.25) is 0 Å². The van der Waals surface area contributed by atoms with Crippen LogP contribution in [0.15, 0.2) is 12.7 Å². The molecule has 3 N–H and O–H groups in total. The second-order valence-corrected chi connectivity index (χ2v) is 1.88. The van der Waals surface area contributed by atoms with Crippen LogP contribution in [0.1, 0.15) is 13.8 Å². The summed E-state index contributed by atoms with van der Waals surface area (Å²) < 4.78 is 0. The third-order valence-corrected chi connectivity index (χ3v) is 0.765. The quantitative estimate of drug-likeness (QED) is 0.345. The van der Waals surface area contributed by atoms with Gasteiger partial charge in [0.05, 0.1) is 0 Å². The van der Waals surface area contributed by atoms with Crippen LogP contribution in [-0.2, 0) is 0 Å². The Morgan fingerprint density at radius 2 is 2.20 bits per heavy atom. The van der Waals surface area contributed by atoms with Gasteiger partial charge in [-0.05, 0) is 26.1 Å². The molecule has 0 atom stereocenters. The first-order valence-corrected chi connectivity index (χ1v) is 3.33. The number of thiocarbonyl (C=S) groups is 1. The molecule has 0 heterocycles. The van der Waals surface area contributed by atoms with Crippen molar-refractivity contribution in [3.05, 3.63) is 12.7 Å². The van der Waals surface area contributed by atoms with Gasteiger partial charge in [-0.3, -0.25) is 5.21 Å². The number of hydroxylamine groups is 2. The fourth-order valence-electron chi connectivity index (χ4n) is 0.156. The van der Waals surface area contributed by atoms with Crippen LogP contribution >= 0.6 is 12.2 Å². The van der Waals surface area contributed by atoms with Gasteiger partial charge in [0, 0.05) is 6.54 Å². The Balaban J connectivity index is 0. The first-order chi connectivity index (χ1) is 4.59. The topological polar surface area (TPSA) is 49.5 Å². The van der Waals surface area contributed by atoms with Gasteiger partial charge in [-0.25, -0.2) is 5.06 Å². The van der Waals surface area contributed by atoms with Crippen molar-refractivity contribution in [2.24, 2.45) is 5.73 Å². The lowest BCUT2D eigenvalue weighted by atomic mass is 10.7. The van der Waals surface area contributed by atoms with Crippen LogP contribution in [0.5, 0.6) is 0 Å². The lowest BCUT2D eigenvalue weighted by Crippen LogP contribution is -2.31. The Labute approximate surface area is 67.1 Å². The molecule has 0 fully saturated rings. The Morgan fingerprint density at radius 3 is 2.20 bits per heavy atom. The molecule has 0 aliphatic carbocycles. The van der Waals surface area contributed by atoms with E-state index in [-0.39, 0.29) is 5.11 Å². The monoisotopic (exact) mass is 162 g/mol. The minimum Gasteiger partial charge on any atom is -0.374 e. The molecule has 0 saturated heterocycles. The summed E-state index contributed by atoms with van der Waals surface area (Å²) in [6.45, 7) is 7.44. The molecule has 0 aromatic rings. The summed E-state index contributed by atoms with van der Waals surface area (Å²) in [6.07, 6.45) is 1.75. The summed E-state index contributed by atoms with van der Waals surface area (Å²) in [5.74, 6) is 0. The summed E-state index contributed by atoms with van der Waals surface area (Å²) in [5.41, 5.74) is 4.95. The maximum Gasteiger partial charge on any atom is 0.190 e. The van der Waals surface area contributed by atoms with Crippen LogP contribution in [0.4, 0.5) is 0 Å². The van der Waals surface area contributed by atoms with E-state index in [1.165, 1.54) is 0 Å². The maximum atomic E-state index is 8.50. The number of rotatable bonds is 1. The molecule has 10 heavy (non-hydrogen) atoms. The van der Waals surface area contributed by atoms with Crippen LogP contribution in [0, 0.1) is 0 Å². The van der Waals surface area contributed by atoms with Crippen molar-refractivity contribution in [3.8, 4) is 0 Å². The van der Waals surface area contributed by atoms with Crippen molar-refractivity contribution in [1.29, 1.82) is 0 Å². The van der Waals surface area contributed by atoms with Gasteiger partial charge < -0.3 is 5.73 Å². The molecule has 60 valence electrons. The normalized spacial score (nSPS) is 7.10. The van der Waals surface area contributed by atoms with Gasteiger partial charge in [-0.1, -0.05) is 6.08 Å². The van der Waals surface area contributed by atoms with Crippen molar-refractivity contribution in [1.82, 2.24) is 5.06 Å². The van der Waals surface area contributed by atoms with Gasteiger partial charge >= 0.3 is 0 Å². The van der Waals surface area contributed by atoms with Gasteiger partial charge in [0.15, 0.2) is 5.11 Å². The van der Waals surface area contributed by atoms with E-state index in [0.29, 0.717) is 6.54 Å². The molecular weight excluding hydrogens is 148 g/mol. The van der Waals surface area contributed by atoms with Crippen molar-refractivity contribution in [2.45, 2.75) is 13.8 Å². The van der Waals surface area contributed by atoms with Crippen LogP contribution in [-0.4, -0.2) is 21.9 Å². The van der Waals surface area contributed by atoms with Gasteiger partial charge in [-0.2, -0.15) is 0 Å².